The summed E-state index contributed by atoms with van der Waals surface area (Å²) in [7, 11) is 1.51. The second-order valence-corrected chi connectivity index (χ2v) is 6.99. The van der Waals surface area contributed by atoms with Crippen LogP contribution in [0.25, 0.3) is 11.2 Å². The number of H-pyrrole nitrogens is 1. The molecule has 2 heterocycles. The first-order valence-electron chi connectivity index (χ1n) is 8.50. The zero-order valence-corrected chi connectivity index (χ0v) is 16.4. The van der Waals surface area contributed by atoms with Crippen molar-refractivity contribution in [3.63, 3.8) is 0 Å². The number of nitrogens with one attached hydrogen (secondary N) is 1. The number of aromatic nitrogens is 4. The van der Waals surface area contributed by atoms with Gasteiger partial charge in [0, 0.05) is 12.6 Å². The standard InChI is InChI=1S/C20H15BrN4O3/c1-24-17-15(18(27)23-20(24)28)25(19(21)22-17)14(12-8-4-2-5-9-12)16(26)13-10-6-3-7-11-13/h2-11,14H,1H3,(H,23,27,28)/t14-/m1/s1. The number of ketones is 1. The first-order chi connectivity index (χ1) is 13.5. The van der Waals surface area contributed by atoms with E-state index in [-0.39, 0.29) is 21.7 Å². The molecule has 2 aromatic heterocycles. The fourth-order valence-corrected chi connectivity index (χ4v) is 3.77. The molecule has 28 heavy (non-hydrogen) atoms. The second-order valence-electron chi connectivity index (χ2n) is 6.28. The third-order valence-corrected chi connectivity index (χ3v) is 5.15. The van der Waals surface area contributed by atoms with E-state index in [0.717, 1.165) is 0 Å². The van der Waals surface area contributed by atoms with E-state index in [9.17, 15) is 14.4 Å². The van der Waals surface area contributed by atoms with E-state index in [1.807, 2.05) is 36.4 Å². The van der Waals surface area contributed by atoms with Crippen LogP contribution in [0.15, 0.2) is 75.0 Å². The van der Waals surface area contributed by atoms with Gasteiger partial charge in [-0.2, -0.15) is 0 Å². The molecule has 0 bridgehead atoms. The molecule has 0 unspecified atom stereocenters. The number of carbonyl (C=O) groups is 1. The highest BCUT2D eigenvalue weighted by Gasteiger charge is 2.29. The number of halogens is 1. The molecule has 1 N–H and O–H groups in total. The Kier molecular flexibility index (Phi) is 4.56. The highest BCUT2D eigenvalue weighted by Crippen LogP contribution is 2.29. The van der Waals surface area contributed by atoms with E-state index < -0.39 is 17.3 Å². The van der Waals surface area contributed by atoms with E-state index in [0.29, 0.717) is 11.1 Å². The van der Waals surface area contributed by atoms with Crippen molar-refractivity contribution in [2.45, 2.75) is 6.04 Å². The van der Waals surface area contributed by atoms with Crippen molar-refractivity contribution in [3.8, 4) is 0 Å². The summed E-state index contributed by atoms with van der Waals surface area (Å²) >= 11 is 3.37. The van der Waals surface area contributed by atoms with E-state index >= 15 is 0 Å². The fourth-order valence-electron chi connectivity index (χ4n) is 3.22. The van der Waals surface area contributed by atoms with Gasteiger partial charge in [0.25, 0.3) is 5.56 Å². The van der Waals surface area contributed by atoms with Crippen molar-refractivity contribution in [2.75, 3.05) is 0 Å². The van der Waals surface area contributed by atoms with Crippen LogP contribution < -0.4 is 11.2 Å². The summed E-state index contributed by atoms with van der Waals surface area (Å²) in [6.07, 6.45) is 0. The lowest BCUT2D eigenvalue weighted by molar-refractivity contribution is 0.0946. The molecular formula is C20H15BrN4O3. The second kappa shape index (κ2) is 7.05. The van der Waals surface area contributed by atoms with Crippen LogP contribution in [-0.2, 0) is 7.05 Å². The maximum Gasteiger partial charge on any atom is 0.329 e. The van der Waals surface area contributed by atoms with Gasteiger partial charge in [-0.05, 0) is 21.5 Å². The highest BCUT2D eigenvalue weighted by molar-refractivity contribution is 9.10. The van der Waals surface area contributed by atoms with E-state index in [1.165, 1.54) is 16.2 Å². The van der Waals surface area contributed by atoms with Gasteiger partial charge in [0.2, 0.25) is 0 Å². The first-order valence-corrected chi connectivity index (χ1v) is 9.29. The summed E-state index contributed by atoms with van der Waals surface area (Å²) in [6, 6.07) is 17.2. The number of carbonyl (C=O) groups excluding carboxylic acids is 1. The molecule has 140 valence electrons. The lowest BCUT2D eigenvalue weighted by Crippen LogP contribution is -2.31. The maximum atomic E-state index is 13.5. The molecule has 0 spiro atoms. The van der Waals surface area contributed by atoms with Crippen molar-refractivity contribution in [3.05, 3.63) is 97.4 Å². The van der Waals surface area contributed by atoms with Gasteiger partial charge in [-0.3, -0.25) is 23.7 Å². The molecule has 4 aromatic rings. The Morgan fingerprint density at radius 1 is 1.04 bits per heavy atom. The normalized spacial score (nSPS) is 12.2. The molecule has 0 radical (unpaired) electrons. The first kappa shape index (κ1) is 18.1. The molecule has 0 saturated carbocycles. The summed E-state index contributed by atoms with van der Waals surface area (Å²) in [5.41, 5.74) is 0.379. The number of Topliss-reactive ketones (excluding diaryl/α,β-unsaturated/α-hetero) is 1. The quantitative estimate of drug-likeness (QED) is 0.391. The molecule has 0 aliphatic heterocycles. The van der Waals surface area contributed by atoms with Crippen molar-refractivity contribution < 1.29 is 4.79 Å². The zero-order chi connectivity index (χ0) is 19.8. The molecule has 0 aliphatic carbocycles. The molecule has 4 rings (SSSR count). The van der Waals surface area contributed by atoms with Crippen molar-refractivity contribution >= 4 is 32.9 Å². The van der Waals surface area contributed by atoms with Crippen LogP contribution in [0, 0.1) is 0 Å². The van der Waals surface area contributed by atoms with E-state index in [4.69, 9.17) is 0 Å². The third-order valence-electron chi connectivity index (χ3n) is 4.59. The number of hydrogen-bond acceptors (Lipinski definition) is 4. The van der Waals surface area contributed by atoms with Crippen LogP contribution in [0.4, 0.5) is 0 Å². The summed E-state index contributed by atoms with van der Waals surface area (Å²) in [6.45, 7) is 0. The SMILES string of the molecule is Cn1c(=O)[nH]c(=O)c2c1nc(Br)n2[C@@H](C(=O)c1ccccc1)c1ccccc1. The number of imidazole rings is 1. The van der Waals surface area contributed by atoms with E-state index in [1.54, 1.807) is 24.3 Å². The third kappa shape index (κ3) is 2.91. The predicted molar refractivity (Wildman–Crippen MR) is 109 cm³/mol. The van der Waals surface area contributed by atoms with Crippen LogP contribution in [0.1, 0.15) is 22.0 Å². The number of benzene rings is 2. The average molecular weight is 439 g/mol. The van der Waals surface area contributed by atoms with Gasteiger partial charge in [-0.15, -0.1) is 0 Å². The average Bonchev–Trinajstić information content (AvgIpc) is 3.05. The highest BCUT2D eigenvalue weighted by atomic mass is 79.9. The minimum Gasteiger partial charge on any atom is -0.297 e. The van der Waals surface area contributed by atoms with Crippen LogP contribution in [-0.4, -0.2) is 24.9 Å². The van der Waals surface area contributed by atoms with Gasteiger partial charge < -0.3 is 0 Å². The number of hydrogen-bond donors (Lipinski definition) is 1. The Hall–Kier alpha value is -3.26. The molecule has 2 aromatic carbocycles. The number of aryl methyl sites for hydroxylation is 1. The molecule has 0 saturated heterocycles. The number of nitrogens with zero attached hydrogens (tertiary/aromatic N) is 3. The van der Waals surface area contributed by atoms with Gasteiger partial charge in [0.15, 0.2) is 21.7 Å². The minimum absolute atomic E-state index is 0.145. The monoisotopic (exact) mass is 438 g/mol. The minimum atomic E-state index is -0.832. The summed E-state index contributed by atoms with van der Waals surface area (Å²) < 4.78 is 3.05. The van der Waals surface area contributed by atoms with Crippen LogP contribution in [0.2, 0.25) is 0 Å². The Balaban J connectivity index is 2.05. The van der Waals surface area contributed by atoms with Gasteiger partial charge in [0.1, 0.15) is 6.04 Å². The summed E-state index contributed by atoms with van der Waals surface area (Å²) in [5, 5.41) is 0. The molecule has 0 aliphatic rings. The molecule has 1 atom stereocenters. The fraction of sp³-hybridized carbons (Fsp3) is 0.100. The van der Waals surface area contributed by atoms with Crippen molar-refractivity contribution in [2.24, 2.45) is 7.05 Å². The summed E-state index contributed by atoms with van der Waals surface area (Å²) in [4.78, 5) is 44.6. The van der Waals surface area contributed by atoms with Crippen LogP contribution in [0.5, 0.6) is 0 Å². The Bertz CT molecular complexity index is 1290. The van der Waals surface area contributed by atoms with Gasteiger partial charge >= 0.3 is 5.69 Å². The molecule has 0 fully saturated rings. The van der Waals surface area contributed by atoms with Gasteiger partial charge in [-0.25, -0.2) is 9.78 Å². The summed E-state index contributed by atoms with van der Waals surface area (Å²) in [5.74, 6) is -0.194. The molecule has 7 nitrogen and oxygen atoms in total. The number of fused-ring (bicyclic) bond motifs is 1. The Labute approximate surface area is 167 Å². The topological polar surface area (TPSA) is 89.8 Å². The van der Waals surface area contributed by atoms with Crippen molar-refractivity contribution in [1.29, 1.82) is 0 Å². The largest absolute Gasteiger partial charge is 0.329 e. The smallest absolute Gasteiger partial charge is 0.297 e. The Morgan fingerprint density at radius 3 is 2.29 bits per heavy atom. The number of aromatic amines is 1. The molecule has 0 amide bonds. The predicted octanol–water partition coefficient (Wildman–Crippen LogP) is 2.66. The van der Waals surface area contributed by atoms with Gasteiger partial charge in [-0.1, -0.05) is 60.7 Å². The van der Waals surface area contributed by atoms with Crippen molar-refractivity contribution in [1.82, 2.24) is 19.1 Å². The zero-order valence-electron chi connectivity index (χ0n) is 14.8. The molecule has 8 heteroatoms. The molecular weight excluding hydrogens is 424 g/mol. The van der Waals surface area contributed by atoms with Crippen LogP contribution in [0.3, 0.4) is 0 Å². The maximum absolute atomic E-state index is 13.5. The lowest BCUT2D eigenvalue weighted by atomic mass is 9.97. The van der Waals surface area contributed by atoms with Crippen LogP contribution >= 0.6 is 15.9 Å². The Morgan fingerprint density at radius 2 is 1.64 bits per heavy atom. The number of rotatable bonds is 4. The lowest BCUT2D eigenvalue weighted by Gasteiger charge is -2.20. The van der Waals surface area contributed by atoms with E-state index in [2.05, 4.69) is 25.9 Å². The van der Waals surface area contributed by atoms with Gasteiger partial charge in [0.05, 0.1) is 0 Å².